The van der Waals surface area contributed by atoms with Gasteiger partial charge in [-0.05, 0) is 36.6 Å². The number of aryl methyl sites for hydroxylation is 1. The Balaban J connectivity index is 1.88. The summed E-state index contributed by atoms with van der Waals surface area (Å²) >= 11 is 0. The zero-order valence-corrected chi connectivity index (χ0v) is 13.6. The quantitative estimate of drug-likeness (QED) is 0.940. The van der Waals surface area contributed by atoms with Gasteiger partial charge in [-0.3, -0.25) is 14.5 Å². The molecule has 0 radical (unpaired) electrons. The molecule has 0 aromatic heterocycles. The lowest BCUT2D eigenvalue weighted by Crippen LogP contribution is -2.51. The molecule has 124 valence electrons. The molecule has 0 spiro atoms. The number of amides is 2. The number of carbonyl (C=O) groups is 2. The fraction of sp³-hybridized carbons (Fsp3) is 0.263. The summed E-state index contributed by atoms with van der Waals surface area (Å²) in [5.41, 5.74) is 2.59. The van der Waals surface area contributed by atoms with Crippen molar-refractivity contribution in [2.24, 2.45) is 0 Å². The normalized spacial score (nSPS) is 16.4. The third-order valence-electron chi connectivity index (χ3n) is 4.13. The second-order valence-electron chi connectivity index (χ2n) is 5.74. The summed E-state index contributed by atoms with van der Waals surface area (Å²) in [5.74, 6) is -0.391. The number of nitrogens with one attached hydrogen (secondary N) is 1. The molecule has 5 heteroatoms. The van der Waals surface area contributed by atoms with Crippen molar-refractivity contribution in [3.05, 3.63) is 60.2 Å². The van der Waals surface area contributed by atoms with Crippen LogP contribution in [0.15, 0.2) is 54.6 Å². The first-order valence-corrected chi connectivity index (χ1v) is 7.95. The van der Waals surface area contributed by atoms with E-state index in [0.717, 1.165) is 23.4 Å². The van der Waals surface area contributed by atoms with Crippen LogP contribution in [-0.4, -0.2) is 31.6 Å². The first-order valence-electron chi connectivity index (χ1n) is 7.95. The van der Waals surface area contributed by atoms with Gasteiger partial charge < -0.3 is 10.1 Å². The molecule has 0 bridgehead atoms. The Hall–Kier alpha value is -2.66. The highest BCUT2D eigenvalue weighted by molar-refractivity contribution is 6.06. The predicted octanol–water partition coefficient (Wildman–Crippen LogP) is 2.62. The van der Waals surface area contributed by atoms with Gasteiger partial charge in [-0.2, -0.15) is 0 Å². The summed E-state index contributed by atoms with van der Waals surface area (Å²) in [6.07, 6.45) is 1.35. The molecule has 2 aromatic rings. The SMILES string of the molecule is COCC(=O)N1c2ccccc2CC[C@@H]1C(=O)Nc1ccccc1. The van der Waals surface area contributed by atoms with E-state index in [1.807, 2.05) is 54.6 Å². The van der Waals surface area contributed by atoms with Crippen LogP contribution in [0.2, 0.25) is 0 Å². The minimum atomic E-state index is -0.539. The number of nitrogens with zero attached hydrogens (tertiary/aromatic N) is 1. The van der Waals surface area contributed by atoms with Gasteiger partial charge in [0, 0.05) is 18.5 Å². The third kappa shape index (κ3) is 3.31. The maximum absolute atomic E-state index is 12.8. The topological polar surface area (TPSA) is 58.6 Å². The molecule has 1 atom stereocenters. The van der Waals surface area contributed by atoms with Crippen molar-refractivity contribution < 1.29 is 14.3 Å². The smallest absolute Gasteiger partial charge is 0.253 e. The van der Waals surface area contributed by atoms with Crippen molar-refractivity contribution in [3.8, 4) is 0 Å². The number of hydrogen-bond donors (Lipinski definition) is 1. The van der Waals surface area contributed by atoms with Crippen LogP contribution in [0.1, 0.15) is 12.0 Å². The van der Waals surface area contributed by atoms with E-state index < -0.39 is 6.04 Å². The van der Waals surface area contributed by atoms with Crippen LogP contribution < -0.4 is 10.2 Å². The number of hydrogen-bond acceptors (Lipinski definition) is 3. The molecule has 0 unspecified atom stereocenters. The van der Waals surface area contributed by atoms with Crippen molar-refractivity contribution >= 4 is 23.2 Å². The number of para-hydroxylation sites is 2. The van der Waals surface area contributed by atoms with Crippen LogP contribution in [0, 0.1) is 0 Å². The number of carbonyl (C=O) groups excluding carboxylic acids is 2. The van der Waals surface area contributed by atoms with E-state index in [0.29, 0.717) is 6.42 Å². The molecule has 1 heterocycles. The summed E-state index contributed by atoms with van der Waals surface area (Å²) in [4.78, 5) is 26.9. The lowest BCUT2D eigenvalue weighted by molar-refractivity contribution is -0.126. The highest BCUT2D eigenvalue weighted by Gasteiger charge is 2.35. The van der Waals surface area contributed by atoms with Gasteiger partial charge in [0.05, 0.1) is 0 Å². The Bertz CT molecular complexity index is 730. The fourth-order valence-corrected chi connectivity index (χ4v) is 3.04. The molecule has 5 nitrogen and oxygen atoms in total. The Labute approximate surface area is 141 Å². The zero-order chi connectivity index (χ0) is 16.9. The molecule has 0 saturated heterocycles. The number of rotatable bonds is 4. The van der Waals surface area contributed by atoms with E-state index in [4.69, 9.17) is 4.74 Å². The zero-order valence-electron chi connectivity index (χ0n) is 13.6. The number of benzene rings is 2. The minimum Gasteiger partial charge on any atom is -0.375 e. The maximum atomic E-state index is 12.8. The second kappa shape index (κ2) is 7.27. The lowest BCUT2D eigenvalue weighted by atomic mass is 9.95. The third-order valence-corrected chi connectivity index (χ3v) is 4.13. The standard InChI is InChI=1S/C19H20N2O3/c1-24-13-18(22)21-16-10-6-5-7-14(16)11-12-17(21)19(23)20-15-8-3-2-4-9-15/h2-10,17H,11-13H2,1H3,(H,20,23)/t17-/m1/s1. The highest BCUT2D eigenvalue weighted by atomic mass is 16.5. The number of methoxy groups -OCH3 is 1. The van der Waals surface area contributed by atoms with E-state index in [1.165, 1.54) is 7.11 Å². The van der Waals surface area contributed by atoms with E-state index in [-0.39, 0.29) is 18.4 Å². The first kappa shape index (κ1) is 16.2. The van der Waals surface area contributed by atoms with Crippen molar-refractivity contribution in [2.45, 2.75) is 18.9 Å². The van der Waals surface area contributed by atoms with E-state index in [9.17, 15) is 9.59 Å². The van der Waals surface area contributed by atoms with Crippen LogP contribution in [-0.2, 0) is 20.7 Å². The van der Waals surface area contributed by atoms with Crippen LogP contribution >= 0.6 is 0 Å². The highest BCUT2D eigenvalue weighted by Crippen LogP contribution is 2.31. The summed E-state index contributed by atoms with van der Waals surface area (Å²) in [7, 11) is 1.48. The monoisotopic (exact) mass is 324 g/mol. The van der Waals surface area contributed by atoms with Gasteiger partial charge >= 0.3 is 0 Å². The molecule has 2 amide bonds. The molecule has 3 rings (SSSR count). The summed E-state index contributed by atoms with van der Waals surface area (Å²) in [6, 6.07) is 16.4. The van der Waals surface area contributed by atoms with Crippen molar-refractivity contribution in [2.75, 3.05) is 23.9 Å². The largest absolute Gasteiger partial charge is 0.375 e. The van der Waals surface area contributed by atoms with E-state index in [2.05, 4.69) is 5.32 Å². The van der Waals surface area contributed by atoms with Gasteiger partial charge in [-0.25, -0.2) is 0 Å². The Kier molecular flexibility index (Phi) is 4.91. The second-order valence-corrected chi connectivity index (χ2v) is 5.74. The van der Waals surface area contributed by atoms with Gasteiger partial charge in [0.2, 0.25) is 5.91 Å². The maximum Gasteiger partial charge on any atom is 0.253 e. The van der Waals surface area contributed by atoms with Crippen LogP contribution in [0.5, 0.6) is 0 Å². The molecule has 24 heavy (non-hydrogen) atoms. The van der Waals surface area contributed by atoms with Crippen molar-refractivity contribution in [1.29, 1.82) is 0 Å². The Morgan fingerprint density at radius 2 is 1.83 bits per heavy atom. The average molecular weight is 324 g/mol. The number of anilines is 2. The van der Waals surface area contributed by atoms with Crippen molar-refractivity contribution in [1.82, 2.24) is 0 Å². The van der Waals surface area contributed by atoms with E-state index >= 15 is 0 Å². The van der Waals surface area contributed by atoms with E-state index in [1.54, 1.807) is 4.90 Å². The summed E-state index contributed by atoms with van der Waals surface area (Å²) in [5, 5.41) is 2.90. The molecule has 1 aliphatic heterocycles. The number of fused-ring (bicyclic) bond motifs is 1. The van der Waals surface area contributed by atoms with Crippen LogP contribution in [0.25, 0.3) is 0 Å². The lowest BCUT2D eigenvalue weighted by Gasteiger charge is -2.36. The first-order chi connectivity index (χ1) is 11.7. The molecule has 0 fully saturated rings. The predicted molar refractivity (Wildman–Crippen MR) is 93.0 cm³/mol. The fourth-order valence-electron chi connectivity index (χ4n) is 3.04. The van der Waals surface area contributed by atoms with Crippen LogP contribution in [0.3, 0.4) is 0 Å². The van der Waals surface area contributed by atoms with Gasteiger partial charge in [-0.1, -0.05) is 36.4 Å². The summed E-state index contributed by atoms with van der Waals surface area (Å²) in [6.45, 7) is -0.0521. The average Bonchev–Trinajstić information content (AvgIpc) is 2.61. The molecule has 0 aliphatic carbocycles. The van der Waals surface area contributed by atoms with Crippen molar-refractivity contribution in [3.63, 3.8) is 0 Å². The molecular weight excluding hydrogens is 304 g/mol. The van der Waals surface area contributed by atoms with Gasteiger partial charge in [0.15, 0.2) is 0 Å². The molecular formula is C19H20N2O3. The molecule has 2 aromatic carbocycles. The van der Waals surface area contributed by atoms with Gasteiger partial charge in [0.25, 0.3) is 5.91 Å². The molecule has 0 saturated carbocycles. The Morgan fingerprint density at radius 1 is 1.12 bits per heavy atom. The summed E-state index contributed by atoms with van der Waals surface area (Å²) < 4.78 is 5.00. The van der Waals surface area contributed by atoms with Crippen LogP contribution in [0.4, 0.5) is 11.4 Å². The number of ether oxygens (including phenoxy) is 1. The van der Waals surface area contributed by atoms with Gasteiger partial charge in [-0.15, -0.1) is 0 Å². The molecule has 1 aliphatic rings. The van der Waals surface area contributed by atoms with Gasteiger partial charge in [0.1, 0.15) is 12.6 Å². The minimum absolute atomic E-state index is 0.0521. The molecule has 1 N–H and O–H groups in total. The Morgan fingerprint density at radius 3 is 2.58 bits per heavy atom.